The highest BCUT2D eigenvalue weighted by molar-refractivity contribution is 5.87. The minimum absolute atomic E-state index is 0.0252. The van der Waals surface area contributed by atoms with Crippen LogP contribution in [0.25, 0.3) is 0 Å². The summed E-state index contributed by atoms with van der Waals surface area (Å²) in [5.41, 5.74) is -0.740. The van der Waals surface area contributed by atoms with Gasteiger partial charge >= 0.3 is 18.2 Å². The van der Waals surface area contributed by atoms with Gasteiger partial charge in [-0.3, -0.25) is 14.5 Å². The lowest BCUT2D eigenvalue weighted by molar-refractivity contribution is -0.151. The molecule has 4 aliphatic rings. The van der Waals surface area contributed by atoms with Gasteiger partial charge in [-0.15, -0.1) is 0 Å². The number of carbonyl (C=O) groups is 4. The van der Waals surface area contributed by atoms with Crippen LogP contribution in [0.15, 0.2) is 36.0 Å². The summed E-state index contributed by atoms with van der Waals surface area (Å²) >= 11 is 0. The molecule has 2 N–H and O–H groups in total. The molecule has 3 fully saturated rings. The van der Waals surface area contributed by atoms with Crippen molar-refractivity contribution in [2.24, 2.45) is 11.8 Å². The Kier molecular flexibility index (Phi) is 14.9. The summed E-state index contributed by atoms with van der Waals surface area (Å²) in [5.74, 6) is -0.990. The number of aliphatic hydroxyl groups is 2. The van der Waals surface area contributed by atoms with E-state index in [-0.39, 0.29) is 50.0 Å². The Hall–Kier alpha value is -3.22. The Bertz CT molecular complexity index is 1250. The maximum absolute atomic E-state index is 13.4. The summed E-state index contributed by atoms with van der Waals surface area (Å²) in [6.45, 7) is 10.6. The molecule has 2 amide bonds. The van der Waals surface area contributed by atoms with E-state index in [4.69, 9.17) is 14.2 Å². The molecule has 0 radical (unpaired) electrons. The first-order chi connectivity index (χ1) is 23.8. The molecule has 12 heteroatoms. The van der Waals surface area contributed by atoms with Gasteiger partial charge in [-0.1, -0.05) is 63.8 Å². The number of Topliss-reactive ketones (excluding diaryl/α,β-unsaturated/α-hetero) is 1. The van der Waals surface area contributed by atoms with Gasteiger partial charge in [-0.05, 0) is 51.2 Å². The van der Waals surface area contributed by atoms with Crippen LogP contribution >= 0.6 is 0 Å². The number of rotatable bonds is 7. The van der Waals surface area contributed by atoms with Crippen LogP contribution in [0.5, 0.6) is 0 Å². The van der Waals surface area contributed by atoms with Crippen molar-refractivity contribution in [3.8, 4) is 0 Å². The molecule has 6 atom stereocenters. The third-order valence-electron chi connectivity index (χ3n) is 10.5. The number of hydrogen-bond acceptors (Lipinski definition) is 10. The molecule has 0 aromatic heterocycles. The predicted octanol–water partition coefficient (Wildman–Crippen LogP) is 4.78. The van der Waals surface area contributed by atoms with E-state index < -0.39 is 42.1 Å². The van der Waals surface area contributed by atoms with Crippen LogP contribution in [0, 0.1) is 11.8 Å². The van der Waals surface area contributed by atoms with Crippen molar-refractivity contribution in [3.63, 3.8) is 0 Å². The minimum atomic E-state index is -1.48. The summed E-state index contributed by atoms with van der Waals surface area (Å²) < 4.78 is 17.2. The quantitative estimate of drug-likeness (QED) is 0.125. The van der Waals surface area contributed by atoms with Gasteiger partial charge in [0.1, 0.15) is 11.7 Å². The summed E-state index contributed by atoms with van der Waals surface area (Å²) in [4.78, 5) is 55.6. The first-order valence-electron chi connectivity index (χ1n) is 18.6. The lowest BCUT2D eigenvalue weighted by Gasteiger charge is -2.40. The molecule has 4 rings (SSSR count). The fraction of sp³-hybridized carbons (Fsp3) is 0.737. The van der Waals surface area contributed by atoms with Crippen LogP contribution in [0.2, 0.25) is 0 Å². The van der Waals surface area contributed by atoms with Gasteiger partial charge in [0, 0.05) is 57.0 Å². The molecule has 1 saturated carbocycles. The SMILES string of the molecule is C/C(=C\C=C\[C@@H](C)COC(=O)N1CCC(=O)C1)[C@H]1OC(=O)C[C@@H](O)CC[C@](C)(O)[C@H](OC(=O)N2CCN(C3CCCCCC3)CC2)/C=C/[C@@H]1C. The molecule has 0 aromatic carbocycles. The van der Waals surface area contributed by atoms with Gasteiger partial charge in [0.05, 0.1) is 25.7 Å². The second-order valence-electron chi connectivity index (χ2n) is 14.9. The lowest BCUT2D eigenvalue weighted by atomic mass is 9.89. The van der Waals surface area contributed by atoms with Crippen molar-refractivity contribution >= 4 is 23.9 Å². The van der Waals surface area contributed by atoms with E-state index in [0.717, 1.165) is 18.7 Å². The minimum Gasteiger partial charge on any atom is -0.457 e. The molecule has 0 bridgehead atoms. The highest BCUT2D eigenvalue weighted by atomic mass is 16.6. The number of amides is 2. The highest BCUT2D eigenvalue weighted by Gasteiger charge is 2.37. The van der Waals surface area contributed by atoms with Crippen LogP contribution in [0.1, 0.15) is 91.9 Å². The van der Waals surface area contributed by atoms with Crippen molar-refractivity contribution < 1.29 is 43.6 Å². The maximum atomic E-state index is 13.4. The van der Waals surface area contributed by atoms with Crippen molar-refractivity contribution in [2.45, 2.75) is 122 Å². The number of esters is 1. The normalized spacial score (nSPS) is 31.4. The van der Waals surface area contributed by atoms with Gasteiger partial charge in [0.15, 0.2) is 11.9 Å². The van der Waals surface area contributed by atoms with Crippen molar-refractivity contribution in [2.75, 3.05) is 45.9 Å². The molecule has 1 aliphatic carbocycles. The average molecular weight is 702 g/mol. The van der Waals surface area contributed by atoms with Gasteiger partial charge < -0.3 is 34.2 Å². The summed E-state index contributed by atoms with van der Waals surface area (Å²) in [6, 6.07) is 0.579. The number of aliphatic hydroxyl groups excluding tert-OH is 1. The van der Waals surface area contributed by atoms with E-state index >= 15 is 0 Å². The molecule has 50 heavy (non-hydrogen) atoms. The van der Waals surface area contributed by atoms with Crippen LogP contribution in [-0.4, -0.2) is 125 Å². The number of piperazine rings is 1. The second-order valence-corrected chi connectivity index (χ2v) is 14.9. The number of ether oxygens (including phenoxy) is 3. The van der Waals surface area contributed by atoms with E-state index in [1.807, 2.05) is 39.0 Å². The number of hydrogen-bond donors (Lipinski definition) is 2. The highest BCUT2D eigenvalue weighted by Crippen LogP contribution is 2.28. The Labute approximate surface area is 297 Å². The number of likely N-dealkylation sites (tertiary alicyclic amines) is 1. The Morgan fingerprint density at radius 3 is 2.38 bits per heavy atom. The first kappa shape index (κ1) is 39.6. The van der Waals surface area contributed by atoms with Gasteiger partial charge in [-0.25, -0.2) is 9.59 Å². The molecular weight excluding hydrogens is 642 g/mol. The standard InChI is InChI=1S/C38H59N3O9/c1-27(26-48-36(45)41-19-17-32(43)25-41)10-9-11-28(2)35-29(3)14-15-33(38(4,47)18-16-31(42)24-34(44)50-35)49-37(46)40-22-20-39(21-23-40)30-12-7-5-6-8-13-30/h9-11,14-15,27,29-31,33,35,42,47H,5-8,12-13,16-26H2,1-4H3/b10-9+,15-14+,28-11+/t27-,29+,31+,33-,35-,38+/m1/s1. The van der Waals surface area contributed by atoms with Crippen LogP contribution < -0.4 is 0 Å². The molecule has 3 aliphatic heterocycles. The summed E-state index contributed by atoms with van der Waals surface area (Å²) in [7, 11) is 0. The number of nitrogens with zero attached hydrogens (tertiary/aromatic N) is 3. The average Bonchev–Trinajstić information content (AvgIpc) is 3.34. The largest absolute Gasteiger partial charge is 0.457 e. The molecule has 0 unspecified atom stereocenters. The Morgan fingerprint density at radius 1 is 1.02 bits per heavy atom. The molecular formula is C38H59N3O9. The topological polar surface area (TPSA) is 146 Å². The zero-order valence-electron chi connectivity index (χ0n) is 30.5. The fourth-order valence-corrected chi connectivity index (χ4v) is 7.15. The van der Waals surface area contributed by atoms with Crippen LogP contribution in [-0.2, 0) is 23.8 Å². The van der Waals surface area contributed by atoms with E-state index in [2.05, 4.69) is 4.90 Å². The third kappa shape index (κ3) is 11.9. The molecule has 0 spiro atoms. The van der Waals surface area contributed by atoms with Gasteiger partial charge in [0.2, 0.25) is 0 Å². The van der Waals surface area contributed by atoms with Crippen molar-refractivity contribution in [1.29, 1.82) is 0 Å². The van der Waals surface area contributed by atoms with Gasteiger partial charge in [0.25, 0.3) is 0 Å². The fourth-order valence-electron chi connectivity index (χ4n) is 7.15. The number of ketones is 1. The lowest BCUT2D eigenvalue weighted by Crippen LogP contribution is -2.53. The van der Waals surface area contributed by atoms with E-state index in [9.17, 15) is 29.4 Å². The number of cyclic esters (lactones) is 1. The van der Waals surface area contributed by atoms with Crippen LogP contribution in [0.3, 0.4) is 0 Å². The molecule has 3 heterocycles. The zero-order valence-corrected chi connectivity index (χ0v) is 30.5. The summed E-state index contributed by atoms with van der Waals surface area (Å²) in [5, 5.41) is 22.2. The number of allylic oxidation sites excluding steroid dienone is 2. The smallest absolute Gasteiger partial charge is 0.410 e. The van der Waals surface area contributed by atoms with Gasteiger partial charge in [-0.2, -0.15) is 0 Å². The third-order valence-corrected chi connectivity index (χ3v) is 10.5. The van der Waals surface area contributed by atoms with E-state index in [1.165, 1.54) is 43.4 Å². The molecule has 2 saturated heterocycles. The van der Waals surface area contributed by atoms with E-state index in [1.54, 1.807) is 24.0 Å². The van der Waals surface area contributed by atoms with Crippen molar-refractivity contribution in [1.82, 2.24) is 14.7 Å². The Morgan fingerprint density at radius 2 is 1.72 bits per heavy atom. The molecule has 280 valence electrons. The number of carbonyl (C=O) groups excluding carboxylic acids is 4. The maximum Gasteiger partial charge on any atom is 0.410 e. The van der Waals surface area contributed by atoms with Crippen molar-refractivity contribution in [3.05, 3.63) is 36.0 Å². The van der Waals surface area contributed by atoms with Crippen LogP contribution in [0.4, 0.5) is 9.59 Å². The molecule has 12 nitrogen and oxygen atoms in total. The zero-order chi connectivity index (χ0) is 36.3. The predicted molar refractivity (Wildman–Crippen MR) is 188 cm³/mol. The second kappa shape index (κ2) is 18.9. The first-order valence-corrected chi connectivity index (χ1v) is 18.6. The Balaban J connectivity index is 1.39. The summed E-state index contributed by atoms with van der Waals surface area (Å²) in [6.07, 6.45) is 13.2. The monoisotopic (exact) mass is 701 g/mol. The van der Waals surface area contributed by atoms with E-state index in [0.29, 0.717) is 32.1 Å². The molecule has 0 aromatic rings.